The molecule has 1 heterocycles. The van der Waals surface area contributed by atoms with Crippen LogP contribution in [0, 0.1) is 10.5 Å². The van der Waals surface area contributed by atoms with Crippen LogP contribution in [0.25, 0.3) is 0 Å². The number of nitrogens with zero attached hydrogens (tertiary/aromatic N) is 2. The summed E-state index contributed by atoms with van der Waals surface area (Å²) in [7, 11) is 0. The fourth-order valence-electron chi connectivity index (χ4n) is 1.56. The first-order chi connectivity index (χ1) is 8.12. The Morgan fingerprint density at radius 3 is 2.56 bits per heavy atom. The normalized spacial score (nSPS) is 11.4. The van der Waals surface area contributed by atoms with Crippen molar-refractivity contribution < 1.29 is 9.90 Å². The second kappa shape index (κ2) is 5.29. The molecule has 0 fully saturated rings. The Hall–Kier alpha value is -1.05. The third-order valence-electron chi connectivity index (χ3n) is 2.67. The van der Waals surface area contributed by atoms with E-state index in [0.717, 1.165) is 14.8 Å². The van der Waals surface area contributed by atoms with E-state index in [9.17, 15) is 9.90 Å². The van der Waals surface area contributed by atoms with E-state index in [2.05, 4.69) is 27.6 Å². The third-order valence-corrected chi connectivity index (χ3v) is 3.53. The summed E-state index contributed by atoms with van der Waals surface area (Å²) in [6.07, 6.45) is -0.936. The van der Waals surface area contributed by atoms with E-state index in [4.69, 9.17) is 5.73 Å². The van der Waals surface area contributed by atoms with Crippen molar-refractivity contribution in [3.05, 3.63) is 20.9 Å². The maximum Gasteiger partial charge on any atom is 0.408 e. The predicted molar refractivity (Wildman–Crippen MR) is 79.4 cm³/mol. The van der Waals surface area contributed by atoms with Crippen LogP contribution < -0.4 is 5.73 Å². The molecule has 18 heavy (non-hydrogen) atoms. The molecule has 0 unspecified atom stereocenters. The number of aromatic nitrogens is 1. The Balaban J connectivity index is 3.09. The van der Waals surface area contributed by atoms with Crippen molar-refractivity contribution in [1.29, 1.82) is 0 Å². The third kappa shape index (κ3) is 3.47. The molecule has 3 N–H and O–H groups in total. The van der Waals surface area contributed by atoms with Gasteiger partial charge in [0.25, 0.3) is 0 Å². The molecule has 100 valence electrons. The summed E-state index contributed by atoms with van der Waals surface area (Å²) in [4.78, 5) is 16.9. The number of aryl methyl sites for hydroxylation is 1. The van der Waals surface area contributed by atoms with Gasteiger partial charge in [-0.25, -0.2) is 9.78 Å². The van der Waals surface area contributed by atoms with Crippen molar-refractivity contribution >= 4 is 34.5 Å². The molecule has 1 aromatic heterocycles. The highest BCUT2D eigenvalue weighted by Gasteiger charge is 2.26. The Kier molecular flexibility index (Phi) is 4.41. The highest BCUT2D eigenvalue weighted by molar-refractivity contribution is 14.1. The molecule has 0 aliphatic rings. The van der Waals surface area contributed by atoms with Crippen molar-refractivity contribution in [2.24, 2.45) is 0 Å². The molecule has 0 atom stereocenters. The lowest BCUT2D eigenvalue weighted by molar-refractivity contribution is 0.0954. The summed E-state index contributed by atoms with van der Waals surface area (Å²) in [5.41, 5.74) is 6.91. The number of hydrogen-bond donors (Lipinski definition) is 2. The van der Waals surface area contributed by atoms with Crippen LogP contribution in [-0.2, 0) is 6.54 Å². The molecular weight excluding hydrogens is 345 g/mol. The molecular formula is C12H18IN3O2. The van der Waals surface area contributed by atoms with Gasteiger partial charge in [-0.15, -0.1) is 0 Å². The minimum atomic E-state index is -0.936. The molecule has 0 radical (unpaired) electrons. The summed E-state index contributed by atoms with van der Waals surface area (Å²) < 4.78 is 0.840. The first-order valence-electron chi connectivity index (χ1n) is 5.55. The van der Waals surface area contributed by atoms with Gasteiger partial charge in [0, 0.05) is 11.2 Å². The summed E-state index contributed by atoms with van der Waals surface area (Å²) in [5, 5.41) is 9.26. The summed E-state index contributed by atoms with van der Waals surface area (Å²) in [6, 6.07) is 1.89. The smallest absolute Gasteiger partial charge is 0.408 e. The number of nitrogen functional groups attached to an aromatic ring is 1. The van der Waals surface area contributed by atoms with Crippen molar-refractivity contribution in [2.45, 2.75) is 39.8 Å². The standard InChI is InChI=1S/C12H18IN3O2/c1-7-8(5-9(13)10(14)15-7)6-16(11(17)18)12(2,3)4/h5H,6H2,1-4H3,(H2,14,15)(H,17,18). The average Bonchev–Trinajstić information content (AvgIpc) is 2.19. The van der Waals surface area contributed by atoms with Crippen molar-refractivity contribution in [3.63, 3.8) is 0 Å². The molecule has 6 heteroatoms. The molecule has 1 amide bonds. The van der Waals surface area contributed by atoms with Gasteiger partial charge >= 0.3 is 6.09 Å². The number of amides is 1. The lowest BCUT2D eigenvalue weighted by Gasteiger charge is -2.33. The molecule has 0 saturated heterocycles. The molecule has 0 saturated carbocycles. The highest BCUT2D eigenvalue weighted by atomic mass is 127. The van der Waals surface area contributed by atoms with Crippen LogP contribution in [0.3, 0.4) is 0 Å². The van der Waals surface area contributed by atoms with Gasteiger partial charge in [0.1, 0.15) is 5.82 Å². The molecule has 0 aromatic carbocycles. The highest BCUT2D eigenvalue weighted by Crippen LogP contribution is 2.22. The van der Waals surface area contributed by atoms with Crippen LogP contribution in [0.15, 0.2) is 6.07 Å². The molecule has 5 nitrogen and oxygen atoms in total. The van der Waals surface area contributed by atoms with Gasteiger partial charge in [-0.05, 0) is 61.9 Å². The van der Waals surface area contributed by atoms with Gasteiger partial charge in [0.15, 0.2) is 0 Å². The van der Waals surface area contributed by atoms with E-state index in [1.807, 2.05) is 33.8 Å². The summed E-state index contributed by atoms with van der Waals surface area (Å²) >= 11 is 2.10. The lowest BCUT2D eigenvalue weighted by Crippen LogP contribution is -2.44. The van der Waals surface area contributed by atoms with Crippen molar-refractivity contribution in [1.82, 2.24) is 9.88 Å². The largest absolute Gasteiger partial charge is 0.465 e. The van der Waals surface area contributed by atoms with Gasteiger partial charge in [-0.3, -0.25) is 4.90 Å². The van der Waals surface area contributed by atoms with E-state index in [1.54, 1.807) is 0 Å². The topological polar surface area (TPSA) is 79.5 Å². The zero-order chi connectivity index (χ0) is 14.1. The number of rotatable bonds is 2. The number of carboxylic acid groups (broad SMARTS) is 1. The number of halogens is 1. The Morgan fingerprint density at radius 2 is 2.11 bits per heavy atom. The molecule has 0 spiro atoms. The van der Waals surface area contributed by atoms with Gasteiger partial charge in [0.05, 0.1) is 10.1 Å². The van der Waals surface area contributed by atoms with Crippen LogP contribution in [0.4, 0.5) is 10.6 Å². The number of nitrogens with two attached hydrogens (primary N) is 1. The fourth-order valence-corrected chi connectivity index (χ4v) is 2.06. The van der Waals surface area contributed by atoms with Crippen LogP contribution in [0.1, 0.15) is 32.0 Å². The Bertz CT molecular complexity index is 469. The minimum absolute atomic E-state index is 0.313. The van der Waals surface area contributed by atoms with Gasteiger partial charge < -0.3 is 10.8 Å². The molecule has 0 aliphatic heterocycles. The SMILES string of the molecule is Cc1nc(N)c(I)cc1CN(C(=O)O)C(C)(C)C. The van der Waals surface area contributed by atoms with E-state index in [-0.39, 0.29) is 0 Å². The predicted octanol–water partition coefficient (Wildman–Crippen LogP) is 2.86. The zero-order valence-electron chi connectivity index (χ0n) is 11.0. The Morgan fingerprint density at radius 1 is 1.56 bits per heavy atom. The lowest BCUT2D eigenvalue weighted by atomic mass is 10.0. The summed E-state index contributed by atoms with van der Waals surface area (Å²) in [6.45, 7) is 7.75. The second-order valence-corrected chi connectivity index (χ2v) is 6.30. The molecule has 1 aromatic rings. The fraction of sp³-hybridized carbons (Fsp3) is 0.500. The van der Waals surface area contributed by atoms with Crippen LogP contribution in [0.2, 0.25) is 0 Å². The van der Waals surface area contributed by atoms with E-state index >= 15 is 0 Å². The quantitative estimate of drug-likeness (QED) is 0.792. The molecule has 1 rings (SSSR count). The van der Waals surface area contributed by atoms with E-state index < -0.39 is 11.6 Å². The van der Waals surface area contributed by atoms with Crippen LogP contribution >= 0.6 is 22.6 Å². The van der Waals surface area contributed by atoms with E-state index in [0.29, 0.717) is 12.4 Å². The van der Waals surface area contributed by atoms with Gasteiger partial charge in [0.2, 0.25) is 0 Å². The second-order valence-electron chi connectivity index (χ2n) is 5.14. The number of carbonyl (C=O) groups is 1. The van der Waals surface area contributed by atoms with Gasteiger partial charge in [-0.2, -0.15) is 0 Å². The minimum Gasteiger partial charge on any atom is -0.465 e. The number of pyridine rings is 1. The maximum absolute atomic E-state index is 11.3. The first-order valence-corrected chi connectivity index (χ1v) is 6.63. The zero-order valence-corrected chi connectivity index (χ0v) is 13.1. The van der Waals surface area contributed by atoms with Crippen LogP contribution in [0.5, 0.6) is 0 Å². The van der Waals surface area contributed by atoms with Crippen LogP contribution in [-0.4, -0.2) is 26.6 Å². The Labute approximate surface area is 121 Å². The first kappa shape index (κ1) is 15.0. The van der Waals surface area contributed by atoms with Gasteiger partial charge in [-0.1, -0.05) is 0 Å². The maximum atomic E-state index is 11.3. The monoisotopic (exact) mass is 363 g/mol. The van der Waals surface area contributed by atoms with Crippen molar-refractivity contribution in [3.8, 4) is 0 Å². The van der Waals surface area contributed by atoms with E-state index in [1.165, 1.54) is 4.90 Å². The summed E-state index contributed by atoms with van der Waals surface area (Å²) in [5.74, 6) is 0.481. The number of hydrogen-bond acceptors (Lipinski definition) is 3. The molecule has 0 bridgehead atoms. The molecule has 0 aliphatic carbocycles. The average molecular weight is 363 g/mol. The van der Waals surface area contributed by atoms with Crippen molar-refractivity contribution in [2.75, 3.05) is 5.73 Å². The number of anilines is 1.